The van der Waals surface area contributed by atoms with Crippen LogP contribution < -0.4 is 15.5 Å². The first-order chi connectivity index (χ1) is 17.0. The molecular weight excluding hydrogens is 470 g/mol. The monoisotopic (exact) mass is 497 g/mol. The van der Waals surface area contributed by atoms with Gasteiger partial charge in [-0.05, 0) is 80.7 Å². The molecule has 6 heteroatoms. The number of benzene rings is 4. The van der Waals surface area contributed by atoms with Crippen LogP contribution in [0.5, 0.6) is 0 Å². The van der Waals surface area contributed by atoms with E-state index in [-0.39, 0.29) is 11.2 Å². The van der Waals surface area contributed by atoms with E-state index in [2.05, 4.69) is 10.6 Å². The summed E-state index contributed by atoms with van der Waals surface area (Å²) in [6.07, 6.45) is 0. The Morgan fingerprint density at radius 2 is 1.34 bits per heavy atom. The van der Waals surface area contributed by atoms with E-state index in [1.807, 2.05) is 123 Å². The minimum Gasteiger partial charge on any atom is -0.332 e. The highest BCUT2D eigenvalue weighted by Crippen LogP contribution is 2.32. The van der Waals surface area contributed by atoms with Crippen molar-refractivity contribution in [3.8, 4) is 0 Å². The Kier molecular flexibility index (Phi) is 8.19. The Labute approximate surface area is 216 Å². The maximum atomic E-state index is 13.6. The zero-order valence-corrected chi connectivity index (χ0v) is 21.3. The van der Waals surface area contributed by atoms with Crippen molar-refractivity contribution in [2.45, 2.75) is 24.0 Å². The van der Waals surface area contributed by atoms with E-state index < -0.39 is 0 Å². The van der Waals surface area contributed by atoms with Crippen LogP contribution in [0.25, 0.3) is 0 Å². The summed E-state index contributed by atoms with van der Waals surface area (Å²) in [5.41, 5.74) is 4.68. The van der Waals surface area contributed by atoms with Gasteiger partial charge in [0, 0.05) is 27.6 Å². The fourth-order valence-corrected chi connectivity index (χ4v) is 4.77. The Hall–Kier alpha value is -3.61. The number of aryl methyl sites for hydroxylation is 1. The van der Waals surface area contributed by atoms with Crippen LogP contribution >= 0.6 is 24.0 Å². The highest BCUT2D eigenvalue weighted by Gasteiger charge is 2.24. The summed E-state index contributed by atoms with van der Waals surface area (Å²) in [4.78, 5) is 16.4. The van der Waals surface area contributed by atoms with Crippen molar-refractivity contribution >= 4 is 57.7 Å². The van der Waals surface area contributed by atoms with Crippen LogP contribution in [0, 0.1) is 6.92 Å². The predicted molar refractivity (Wildman–Crippen MR) is 153 cm³/mol. The minimum absolute atomic E-state index is 0.0160. The first-order valence-corrected chi connectivity index (χ1v) is 12.6. The zero-order valence-electron chi connectivity index (χ0n) is 19.6. The smallest absolute Gasteiger partial charge is 0.244 e. The largest absolute Gasteiger partial charge is 0.332 e. The molecule has 0 saturated heterocycles. The third kappa shape index (κ3) is 6.72. The molecule has 0 heterocycles. The summed E-state index contributed by atoms with van der Waals surface area (Å²) >= 11 is 7.00. The molecule has 0 aliphatic carbocycles. The average Bonchev–Trinajstić information content (AvgIpc) is 2.87. The van der Waals surface area contributed by atoms with Gasteiger partial charge in [0.15, 0.2) is 5.11 Å². The van der Waals surface area contributed by atoms with Crippen LogP contribution in [0.1, 0.15) is 12.5 Å². The molecule has 4 rings (SSSR count). The fourth-order valence-electron chi connectivity index (χ4n) is 3.57. The van der Waals surface area contributed by atoms with Crippen molar-refractivity contribution in [2.75, 3.05) is 15.5 Å². The Morgan fingerprint density at radius 1 is 0.771 bits per heavy atom. The molecule has 0 fully saturated rings. The highest BCUT2D eigenvalue weighted by atomic mass is 32.2. The van der Waals surface area contributed by atoms with Gasteiger partial charge in [0.2, 0.25) is 5.91 Å². The minimum atomic E-state index is -0.303. The number of nitrogens with one attached hydrogen (secondary N) is 2. The van der Waals surface area contributed by atoms with E-state index in [0.29, 0.717) is 5.11 Å². The lowest BCUT2D eigenvalue weighted by Crippen LogP contribution is -2.32. The van der Waals surface area contributed by atoms with Crippen molar-refractivity contribution < 1.29 is 4.79 Å². The number of para-hydroxylation sites is 2. The number of carbonyl (C=O) groups is 1. The van der Waals surface area contributed by atoms with Crippen LogP contribution in [0.15, 0.2) is 114 Å². The number of amides is 1. The summed E-state index contributed by atoms with van der Waals surface area (Å²) in [6.45, 7) is 3.99. The van der Waals surface area contributed by atoms with Crippen LogP contribution in [0.3, 0.4) is 0 Å². The van der Waals surface area contributed by atoms with E-state index in [0.717, 1.165) is 27.6 Å². The van der Waals surface area contributed by atoms with Gasteiger partial charge in [0.05, 0.1) is 5.25 Å². The second-order valence-corrected chi connectivity index (χ2v) is 9.90. The van der Waals surface area contributed by atoms with Gasteiger partial charge < -0.3 is 10.6 Å². The van der Waals surface area contributed by atoms with Crippen LogP contribution in [-0.2, 0) is 4.79 Å². The van der Waals surface area contributed by atoms with Gasteiger partial charge in [0.1, 0.15) is 0 Å². The first-order valence-electron chi connectivity index (χ1n) is 11.3. The van der Waals surface area contributed by atoms with Gasteiger partial charge >= 0.3 is 0 Å². The molecule has 1 atom stereocenters. The number of anilines is 4. The topological polar surface area (TPSA) is 44.4 Å². The van der Waals surface area contributed by atoms with Crippen molar-refractivity contribution in [3.05, 3.63) is 115 Å². The van der Waals surface area contributed by atoms with Crippen molar-refractivity contribution in [3.63, 3.8) is 0 Å². The molecule has 0 saturated carbocycles. The SMILES string of the molecule is Cc1ccc(NC(=S)Nc2cccc(SC(C)C(=O)N(c3ccccc3)c3ccccc3)c2)cc1. The summed E-state index contributed by atoms with van der Waals surface area (Å²) in [6, 6.07) is 35.5. The average molecular weight is 498 g/mol. The van der Waals surface area contributed by atoms with Crippen molar-refractivity contribution in [1.82, 2.24) is 0 Å². The summed E-state index contributed by atoms with van der Waals surface area (Å²) < 4.78 is 0. The maximum absolute atomic E-state index is 13.6. The zero-order chi connectivity index (χ0) is 24.6. The summed E-state index contributed by atoms with van der Waals surface area (Å²) in [5, 5.41) is 6.64. The quantitative estimate of drug-likeness (QED) is 0.203. The molecule has 1 amide bonds. The van der Waals surface area contributed by atoms with Gasteiger partial charge in [-0.1, -0.05) is 60.2 Å². The van der Waals surface area contributed by atoms with Gasteiger partial charge in [-0.15, -0.1) is 11.8 Å². The molecule has 35 heavy (non-hydrogen) atoms. The fraction of sp³-hybridized carbons (Fsp3) is 0.103. The molecule has 1 unspecified atom stereocenters. The second kappa shape index (κ2) is 11.7. The maximum Gasteiger partial charge on any atom is 0.244 e. The van der Waals surface area contributed by atoms with Crippen LogP contribution in [0.4, 0.5) is 22.7 Å². The van der Waals surface area contributed by atoms with E-state index in [4.69, 9.17) is 12.2 Å². The molecule has 4 nitrogen and oxygen atoms in total. The third-order valence-electron chi connectivity index (χ3n) is 5.31. The molecule has 0 radical (unpaired) electrons. The van der Waals surface area contributed by atoms with Gasteiger partial charge in [0.25, 0.3) is 0 Å². The number of thiocarbonyl (C=S) groups is 1. The van der Waals surface area contributed by atoms with Gasteiger partial charge in [-0.2, -0.15) is 0 Å². The summed E-state index contributed by atoms with van der Waals surface area (Å²) in [5.74, 6) is 0.0160. The molecule has 4 aromatic carbocycles. The number of rotatable bonds is 7. The molecule has 0 spiro atoms. The molecule has 2 N–H and O–H groups in total. The lowest BCUT2D eigenvalue weighted by atomic mass is 10.2. The molecule has 0 aliphatic rings. The van der Waals surface area contributed by atoms with E-state index in [1.54, 1.807) is 4.90 Å². The first kappa shape index (κ1) is 24.5. The van der Waals surface area contributed by atoms with Crippen LogP contribution in [0.2, 0.25) is 0 Å². The normalized spacial score (nSPS) is 11.4. The number of hydrogen-bond donors (Lipinski definition) is 2. The number of hydrogen-bond acceptors (Lipinski definition) is 3. The van der Waals surface area contributed by atoms with Gasteiger partial charge in [-0.25, -0.2) is 0 Å². The third-order valence-corrected chi connectivity index (χ3v) is 6.60. The van der Waals surface area contributed by atoms with E-state index in [1.165, 1.54) is 17.3 Å². The number of carbonyl (C=O) groups excluding carboxylic acids is 1. The molecular formula is C29H27N3OS2. The molecule has 0 aliphatic heterocycles. The molecule has 4 aromatic rings. The molecule has 176 valence electrons. The van der Waals surface area contributed by atoms with Gasteiger partial charge in [-0.3, -0.25) is 9.69 Å². The van der Waals surface area contributed by atoms with Crippen LogP contribution in [-0.4, -0.2) is 16.3 Å². The Bertz CT molecular complexity index is 1240. The lowest BCUT2D eigenvalue weighted by molar-refractivity contribution is -0.117. The standard InChI is InChI=1S/C29H27N3OS2/c1-21-16-18-23(19-17-21)30-29(34)31-24-10-9-15-27(20-24)35-22(2)28(33)32(25-11-5-3-6-12-25)26-13-7-4-8-14-26/h3-20,22H,1-2H3,(H2,30,31,34). The Morgan fingerprint density at radius 3 is 1.94 bits per heavy atom. The Balaban J connectivity index is 1.45. The van der Waals surface area contributed by atoms with Crippen molar-refractivity contribution in [2.24, 2.45) is 0 Å². The number of nitrogens with zero attached hydrogens (tertiary/aromatic N) is 1. The van der Waals surface area contributed by atoms with Crippen molar-refractivity contribution in [1.29, 1.82) is 0 Å². The number of thioether (sulfide) groups is 1. The summed E-state index contributed by atoms with van der Waals surface area (Å²) in [7, 11) is 0. The highest BCUT2D eigenvalue weighted by molar-refractivity contribution is 8.00. The second-order valence-electron chi connectivity index (χ2n) is 8.08. The van der Waals surface area contributed by atoms with E-state index >= 15 is 0 Å². The predicted octanol–water partition coefficient (Wildman–Crippen LogP) is 7.65. The van der Waals surface area contributed by atoms with E-state index in [9.17, 15) is 4.79 Å². The molecule has 0 aromatic heterocycles. The molecule has 0 bridgehead atoms. The lowest BCUT2D eigenvalue weighted by Gasteiger charge is -2.26.